The molecule has 0 fully saturated rings. The average molecular weight is 427 g/mol. The maximum absolute atomic E-state index is 12.1. The van der Waals surface area contributed by atoms with Crippen molar-refractivity contribution in [2.24, 2.45) is 5.73 Å². The highest BCUT2D eigenvalue weighted by molar-refractivity contribution is 6.37. The van der Waals surface area contributed by atoms with E-state index in [1.807, 2.05) is 84.9 Å². The van der Waals surface area contributed by atoms with Gasteiger partial charge in [-0.05, 0) is 48.0 Å². The lowest BCUT2D eigenvalue weighted by atomic mass is 10.1. The molecule has 152 valence electrons. The number of rotatable bonds is 5. The molecule has 1 heterocycles. The van der Waals surface area contributed by atoms with Crippen molar-refractivity contribution >= 4 is 39.3 Å². The maximum Gasteiger partial charge on any atom is 0.249 e. The van der Waals surface area contributed by atoms with Crippen LogP contribution in [0.3, 0.4) is 0 Å². The first-order valence-corrected chi connectivity index (χ1v) is 10.3. The molecule has 0 aliphatic rings. The second-order valence-electron chi connectivity index (χ2n) is 7.35. The van der Waals surface area contributed by atoms with Gasteiger partial charge in [-0.15, -0.1) is 0 Å². The number of nitrogens with zero attached hydrogens (tertiary/aromatic N) is 1. The lowest BCUT2D eigenvalue weighted by Crippen LogP contribution is -2.11. The molecule has 4 aromatic carbocycles. The number of primary amides is 1. The number of para-hydroxylation sites is 2. The number of ether oxygens (including phenoxy) is 1. The number of amides is 1. The largest absolute Gasteiger partial charge is 0.457 e. The molecule has 1 amide bonds. The molecule has 31 heavy (non-hydrogen) atoms. The van der Waals surface area contributed by atoms with E-state index in [2.05, 4.69) is 4.57 Å². The Kier molecular flexibility index (Phi) is 4.85. The molecule has 0 bridgehead atoms. The number of carbonyl (C=O) groups is 1. The van der Waals surface area contributed by atoms with Crippen molar-refractivity contribution in [2.75, 3.05) is 0 Å². The summed E-state index contributed by atoms with van der Waals surface area (Å²) in [5, 5.41) is 2.36. The van der Waals surface area contributed by atoms with Gasteiger partial charge in [0.05, 0.1) is 16.1 Å². The third-order valence-corrected chi connectivity index (χ3v) is 5.65. The Morgan fingerprint density at radius 3 is 2.42 bits per heavy atom. The smallest absolute Gasteiger partial charge is 0.249 e. The van der Waals surface area contributed by atoms with E-state index in [1.165, 1.54) is 0 Å². The molecule has 5 heteroatoms. The molecule has 0 spiro atoms. The predicted octanol–water partition coefficient (Wildman–Crippen LogP) is 6.39. The standard InChI is InChI=1S/C26H19ClN2O2/c27-22-13-5-11-20-24-21(26(28)30)12-6-14-23(24)29(25(20)22)16-17-7-4-10-19(15-17)31-18-8-2-1-3-9-18/h1-15H,16H2,(H2,28,30). The summed E-state index contributed by atoms with van der Waals surface area (Å²) < 4.78 is 8.12. The summed E-state index contributed by atoms with van der Waals surface area (Å²) in [6.45, 7) is 0.567. The van der Waals surface area contributed by atoms with Gasteiger partial charge in [0.1, 0.15) is 11.5 Å². The molecule has 0 saturated heterocycles. The first kappa shape index (κ1) is 19.2. The van der Waals surface area contributed by atoms with Crippen molar-refractivity contribution < 1.29 is 9.53 Å². The van der Waals surface area contributed by atoms with Crippen LogP contribution in [-0.2, 0) is 6.54 Å². The second-order valence-corrected chi connectivity index (χ2v) is 7.76. The fourth-order valence-electron chi connectivity index (χ4n) is 4.04. The van der Waals surface area contributed by atoms with E-state index in [0.29, 0.717) is 17.1 Å². The third kappa shape index (κ3) is 3.51. The lowest BCUT2D eigenvalue weighted by molar-refractivity contribution is 0.100. The van der Waals surface area contributed by atoms with Crippen LogP contribution in [-0.4, -0.2) is 10.5 Å². The first-order chi connectivity index (χ1) is 15.1. The van der Waals surface area contributed by atoms with Gasteiger partial charge in [-0.1, -0.05) is 60.1 Å². The van der Waals surface area contributed by atoms with Crippen LogP contribution in [0.5, 0.6) is 11.5 Å². The summed E-state index contributed by atoms with van der Waals surface area (Å²) >= 11 is 6.61. The van der Waals surface area contributed by atoms with E-state index >= 15 is 0 Å². The van der Waals surface area contributed by atoms with Gasteiger partial charge in [0.2, 0.25) is 5.91 Å². The Morgan fingerprint density at radius 2 is 1.61 bits per heavy atom. The van der Waals surface area contributed by atoms with Crippen LogP contribution in [0.1, 0.15) is 15.9 Å². The molecule has 0 atom stereocenters. The maximum atomic E-state index is 12.1. The minimum Gasteiger partial charge on any atom is -0.457 e. The Morgan fingerprint density at radius 1 is 0.871 bits per heavy atom. The van der Waals surface area contributed by atoms with E-state index in [1.54, 1.807) is 6.07 Å². The number of hydrogen-bond donors (Lipinski definition) is 1. The Bertz CT molecular complexity index is 1420. The number of hydrogen-bond acceptors (Lipinski definition) is 2. The van der Waals surface area contributed by atoms with Crippen LogP contribution in [0.2, 0.25) is 5.02 Å². The van der Waals surface area contributed by atoms with Crippen LogP contribution in [0.4, 0.5) is 0 Å². The number of halogens is 1. The van der Waals surface area contributed by atoms with Crippen LogP contribution in [0, 0.1) is 0 Å². The normalized spacial score (nSPS) is 11.1. The van der Waals surface area contributed by atoms with Gasteiger partial charge < -0.3 is 15.0 Å². The molecule has 0 saturated carbocycles. The van der Waals surface area contributed by atoms with E-state index in [4.69, 9.17) is 22.1 Å². The van der Waals surface area contributed by atoms with E-state index in [-0.39, 0.29) is 0 Å². The van der Waals surface area contributed by atoms with Crippen LogP contribution >= 0.6 is 11.6 Å². The third-order valence-electron chi connectivity index (χ3n) is 5.34. The van der Waals surface area contributed by atoms with Crippen molar-refractivity contribution in [1.29, 1.82) is 0 Å². The zero-order valence-electron chi connectivity index (χ0n) is 16.6. The van der Waals surface area contributed by atoms with E-state index in [0.717, 1.165) is 38.9 Å². The van der Waals surface area contributed by atoms with Gasteiger partial charge in [0, 0.05) is 22.9 Å². The second kappa shape index (κ2) is 7.82. The Hall–Kier alpha value is -3.76. The highest BCUT2D eigenvalue weighted by Gasteiger charge is 2.18. The van der Waals surface area contributed by atoms with Gasteiger partial charge in [0.25, 0.3) is 0 Å². The predicted molar refractivity (Wildman–Crippen MR) is 125 cm³/mol. The van der Waals surface area contributed by atoms with Gasteiger partial charge in [-0.3, -0.25) is 4.79 Å². The summed E-state index contributed by atoms with van der Waals surface area (Å²) in [6, 6.07) is 28.9. The van der Waals surface area contributed by atoms with Crippen molar-refractivity contribution in [3.63, 3.8) is 0 Å². The highest BCUT2D eigenvalue weighted by atomic mass is 35.5. The number of nitrogens with two attached hydrogens (primary N) is 1. The molecule has 0 unspecified atom stereocenters. The summed E-state index contributed by atoms with van der Waals surface area (Å²) in [4.78, 5) is 12.1. The molecule has 4 nitrogen and oxygen atoms in total. The van der Waals surface area contributed by atoms with Crippen molar-refractivity contribution in [1.82, 2.24) is 4.57 Å². The number of aromatic nitrogens is 1. The minimum absolute atomic E-state index is 0.456. The van der Waals surface area contributed by atoms with Gasteiger partial charge in [0.15, 0.2) is 0 Å². The number of carbonyl (C=O) groups excluding carboxylic acids is 1. The van der Waals surface area contributed by atoms with E-state index in [9.17, 15) is 4.79 Å². The Balaban J connectivity index is 1.63. The fraction of sp³-hybridized carbons (Fsp3) is 0.0385. The SMILES string of the molecule is NC(=O)c1cccc2c1c1cccc(Cl)c1n2Cc1cccc(Oc2ccccc2)c1. The quantitative estimate of drug-likeness (QED) is 0.354. The molecule has 0 aliphatic carbocycles. The summed E-state index contributed by atoms with van der Waals surface area (Å²) in [7, 11) is 0. The lowest BCUT2D eigenvalue weighted by Gasteiger charge is -2.11. The first-order valence-electron chi connectivity index (χ1n) is 9.93. The molecule has 1 aromatic heterocycles. The van der Waals surface area contributed by atoms with Gasteiger partial charge in [-0.2, -0.15) is 0 Å². The van der Waals surface area contributed by atoms with Crippen molar-refractivity contribution in [3.8, 4) is 11.5 Å². The Labute approximate surface area is 184 Å². The molecule has 5 aromatic rings. The molecular formula is C26H19ClN2O2. The summed E-state index contributed by atoms with van der Waals surface area (Å²) in [5.74, 6) is 1.09. The van der Waals surface area contributed by atoms with E-state index < -0.39 is 5.91 Å². The zero-order chi connectivity index (χ0) is 21.4. The van der Waals surface area contributed by atoms with Crippen molar-refractivity contribution in [3.05, 3.63) is 107 Å². The van der Waals surface area contributed by atoms with Gasteiger partial charge in [-0.25, -0.2) is 0 Å². The highest BCUT2D eigenvalue weighted by Crippen LogP contribution is 2.36. The topological polar surface area (TPSA) is 57.2 Å². The minimum atomic E-state index is -0.456. The number of benzene rings is 4. The van der Waals surface area contributed by atoms with Crippen LogP contribution in [0.25, 0.3) is 21.8 Å². The van der Waals surface area contributed by atoms with Crippen LogP contribution < -0.4 is 10.5 Å². The average Bonchev–Trinajstić information content (AvgIpc) is 3.10. The van der Waals surface area contributed by atoms with Gasteiger partial charge >= 0.3 is 0 Å². The van der Waals surface area contributed by atoms with Crippen molar-refractivity contribution in [2.45, 2.75) is 6.54 Å². The summed E-state index contributed by atoms with van der Waals surface area (Å²) in [6.07, 6.45) is 0. The zero-order valence-corrected chi connectivity index (χ0v) is 17.3. The molecular weight excluding hydrogens is 408 g/mol. The molecule has 2 N–H and O–H groups in total. The summed E-state index contributed by atoms with van der Waals surface area (Å²) in [5.41, 5.74) is 9.00. The number of fused-ring (bicyclic) bond motifs is 3. The monoisotopic (exact) mass is 426 g/mol. The van der Waals surface area contributed by atoms with Crippen LogP contribution in [0.15, 0.2) is 91.0 Å². The molecule has 0 radical (unpaired) electrons. The fourth-order valence-corrected chi connectivity index (χ4v) is 4.32. The molecule has 5 rings (SSSR count). The molecule has 0 aliphatic heterocycles.